The highest BCUT2D eigenvalue weighted by molar-refractivity contribution is 5.77. The smallest absolute Gasteiger partial charge is 0.236 e. The van der Waals surface area contributed by atoms with Gasteiger partial charge in [-0.1, -0.05) is 0 Å². The summed E-state index contributed by atoms with van der Waals surface area (Å²) in [5.41, 5.74) is 1.68. The van der Waals surface area contributed by atoms with Gasteiger partial charge in [-0.15, -0.1) is 0 Å². The normalized spacial score (nSPS) is 10.8. The Labute approximate surface area is 130 Å². The number of rotatable bonds is 6. The van der Waals surface area contributed by atoms with Gasteiger partial charge in [-0.3, -0.25) is 9.69 Å². The van der Waals surface area contributed by atoms with Crippen LogP contribution in [0.1, 0.15) is 5.69 Å². The van der Waals surface area contributed by atoms with Crippen molar-refractivity contribution in [2.75, 3.05) is 34.8 Å². The lowest BCUT2D eigenvalue weighted by Gasteiger charge is -2.17. The molecule has 2 rings (SSSR count). The Morgan fingerprint density at radius 3 is 2.50 bits per heavy atom. The minimum atomic E-state index is 0.0568. The predicted molar refractivity (Wildman–Crippen MR) is 83.5 cm³/mol. The molecule has 0 radical (unpaired) electrons. The zero-order chi connectivity index (χ0) is 16.1. The average molecular weight is 303 g/mol. The molecule has 0 fully saturated rings. The first-order valence-corrected chi connectivity index (χ1v) is 6.97. The maximum atomic E-state index is 11.7. The first-order valence-electron chi connectivity index (χ1n) is 6.97. The predicted octanol–water partition coefficient (Wildman–Crippen LogP) is 1.87. The fourth-order valence-corrected chi connectivity index (χ4v) is 1.95. The second-order valence-electron chi connectivity index (χ2n) is 5.33. The van der Waals surface area contributed by atoms with E-state index in [1.807, 2.05) is 36.2 Å². The maximum Gasteiger partial charge on any atom is 0.236 e. The molecule has 118 valence electrons. The summed E-state index contributed by atoms with van der Waals surface area (Å²) in [7, 11) is 6.99. The highest BCUT2D eigenvalue weighted by Gasteiger charge is 2.12. The Morgan fingerprint density at radius 1 is 1.23 bits per heavy atom. The van der Waals surface area contributed by atoms with Crippen molar-refractivity contribution in [1.29, 1.82) is 0 Å². The lowest BCUT2D eigenvalue weighted by molar-refractivity contribution is -0.129. The SMILES string of the molecule is COc1ccc(-c2nc(CN(C)CC(=O)N(C)C)co2)cc1. The third kappa shape index (κ3) is 4.08. The van der Waals surface area contributed by atoms with E-state index < -0.39 is 0 Å². The molecule has 0 saturated heterocycles. The van der Waals surface area contributed by atoms with Gasteiger partial charge >= 0.3 is 0 Å². The van der Waals surface area contributed by atoms with E-state index in [1.54, 1.807) is 32.4 Å². The third-order valence-corrected chi connectivity index (χ3v) is 3.22. The first-order chi connectivity index (χ1) is 10.5. The molecule has 0 aliphatic rings. The van der Waals surface area contributed by atoms with Crippen molar-refractivity contribution in [2.24, 2.45) is 0 Å². The second kappa shape index (κ2) is 7.09. The lowest BCUT2D eigenvalue weighted by Crippen LogP contribution is -2.34. The molecule has 1 aromatic heterocycles. The van der Waals surface area contributed by atoms with Gasteiger partial charge in [0.2, 0.25) is 11.8 Å². The number of hydrogen-bond acceptors (Lipinski definition) is 5. The van der Waals surface area contributed by atoms with Crippen LogP contribution in [0.3, 0.4) is 0 Å². The molecular weight excluding hydrogens is 282 g/mol. The Hall–Kier alpha value is -2.34. The summed E-state index contributed by atoms with van der Waals surface area (Å²) in [4.78, 5) is 19.6. The fraction of sp³-hybridized carbons (Fsp3) is 0.375. The molecule has 2 aromatic rings. The Kier molecular flexibility index (Phi) is 5.16. The summed E-state index contributed by atoms with van der Waals surface area (Å²) in [5, 5.41) is 0. The van der Waals surface area contributed by atoms with E-state index >= 15 is 0 Å². The van der Waals surface area contributed by atoms with Crippen LogP contribution in [0.15, 0.2) is 34.9 Å². The van der Waals surface area contributed by atoms with Crippen molar-refractivity contribution in [3.05, 3.63) is 36.2 Å². The summed E-state index contributed by atoms with van der Waals surface area (Å²) >= 11 is 0. The summed E-state index contributed by atoms with van der Waals surface area (Å²) in [6, 6.07) is 7.52. The summed E-state index contributed by atoms with van der Waals surface area (Å²) in [6.45, 7) is 0.900. The molecule has 0 bridgehead atoms. The zero-order valence-corrected chi connectivity index (χ0v) is 13.4. The van der Waals surface area contributed by atoms with Gasteiger partial charge in [-0.05, 0) is 31.3 Å². The Bertz CT molecular complexity index is 620. The van der Waals surface area contributed by atoms with Crippen molar-refractivity contribution in [3.8, 4) is 17.2 Å². The number of aromatic nitrogens is 1. The largest absolute Gasteiger partial charge is 0.497 e. The van der Waals surface area contributed by atoms with Crippen LogP contribution < -0.4 is 4.74 Å². The number of carbonyl (C=O) groups excluding carboxylic acids is 1. The quantitative estimate of drug-likeness (QED) is 0.815. The van der Waals surface area contributed by atoms with Crippen LogP contribution in [0, 0.1) is 0 Å². The fourth-order valence-electron chi connectivity index (χ4n) is 1.95. The summed E-state index contributed by atoms with van der Waals surface area (Å²) < 4.78 is 10.6. The standard InChI is InChI=1S/C16H21N3O3/c1-18(2)15(20)10-19(3)9-13-11-22-16(17-13)12-5-7-14(21-4)8-6-12/h5-8,11H,9-10H2,1-4H3. The molecule has 1 amide bonds. The van der Waals surface area contributed by atoms with Crippen LogP contribution in [0.2, 0.25) is 0 Å². The van der Waals surface area contributed by atoms with Crippen LogP contribution >= 0.6 is 0 Å². The third-order valence-electron chi connectivity index (χ3n) is 3.22. The van der Waals surface area contributed by atoms with Crippen LogP contribution in [-0.2, 0) is 11.3 Å². The van der Waals surface area contributed by atoms with E-state index in [0.29, 0.717) is 19.0 Å². The zero-order valence-electron chi connectivity index (χ0n) is 13.4. The number of hydrogen-bond donors (Lipinski definition) is 0. The first kappa shape index (κ1) is 16.0. The van der Waals surface area contributed by atoms with E-state index in [9.17, 15) is 4.79 Å². The summed E-state index contributed by atoms with van der Waals surface area (Å²) in [6.07, 6.45) is 1.62. The molecular formula is C16H21N3O3. The summed E-state index contributed by atoms with van der Waals surface area (Å²) in [5.74, 6) is 1.41. The van der Waals surface area contributed by atoms with Gasteiger partial charge in [0.05, 0.1) is 19.3 Å². The van der Waals surface area contributed by atoms with Gasteiger partial charge in [0, 0.05) is 26.2 Å². The number of likely N-dealkylation sites (N-methyl/N-ethyl adjacent to an activating group) is 2. The number of amides is 1. The number of ether oxygens (including phenoxy) is 1. The second-order valence-corrected chi connectivity index (χ2v) is 5.33. The van der Waals surface area contributed by atoms with E-state index in [4.69, 9.17) is 9.15 Å². The molecule has 0 aliphatic carbocycles. The number of nitrogens with zero attached hydrogens (tertiary/aromatic N) is 3. The molecule has 1 aromatic carbocycles. The maximum absolute atomic E-state index is 11.7. The molecule has 0 saturated carbocycles. The van der Waals surface area contributed by atoms with Gasteiger partial charge in [-0.2, -0.15) is 0 Å². The van der Waals surface area contributed by atoms with Gasteiger partial charge in [-0.25, -0.2) is 4.98 Å². The van der Waals surface area contributed by atoms with E-state index in [1.165, 1.54) is 0 Å². The van der Waals surface area contributed by atoms with Crippen LogP contribution in [0.5, 0.6) is 5.75 Å². The van der Waals surface area contributed by atoms with Gasteiger partial charge in [0.1, 0.15) is 12.0 Å². The number of methoxy groups -OCH3 is 1. The van der Waals surface area contributed by atoms with E-state index in [0.717, 1.165) is 17.0 Å². The highest BCUT2D eigenvalue weighted by atomic mass is 16.5. The van der Waals surface area contributed by atoms with Crippen molar-refractivity contribution in [2.45, 2.75) is 6.54 Å². The molecule has 0 N–H and O–H groups in total. The molecule has 1 heterocycles. The minimum Gasteiger partial charge on any atom is -0.497 e. The molecule has 22 heavy (non-hydrogen) atoms. The van der Waals surface area contributed by atoms with Gasteiger partial charge in [0.25, 0.3) is 0 Å². The Morgan fingerprint density at radius 2 is 1.91 bits per heavy atom. The van der Waals surface area contributed by atoms with Crippen molar-refractivity contribution >= 4 is 5.91 Å². The van der Waals surface area contributed by atoms with Crippen LogP contribution in [0.25, 0.3) is 11.5 Å². The number of benzene rings is 1. The molecule has 0 unspecified atom stereocenters. The molecule has 6 heteroatoms. The lowest BCUT2D eigenvalue weighted by atomic mass is 10.2. The Balaban J connectivity index is 2.00. The van der Waals surface area contributed by atoms with Gasteiger partial charge in [0.15, 0.2) is 0 Å². The van der Waals surface area contributed by atoms with Crippen LogP contribution in [-0.4, -0.2) is 55.5 Å². The molecule has 0 spiro atoms. The minimum absolute atomic E-state index is 0.0568. The number of oxazole rings is 1. The van der Waals surface area contributed by atoms with Crippen LogP contribution in [0.4, 0.5) is 0 Å². The molecule has 0 atom stereocenters. The topological polar surface area (TPSA) is 58.8 Å². The molecule has 0 aliphatic heterocycles. The van der Waals surface area contributed by atoms with Crippen molar-refractivity contribution in [3.63, 3.8) is 0 Å². The van der Waals surface area contributed by atoms with Crippen molar-refractivity contribution in [1.82, 2.24) is 14.8 Å². The van der Waals surface area contributed by atoms with Crippen molar-refractivity contribution < 1.29 is 13.9 Å². The monoisotopic (exact) mass is 303 g/mol. The molecule has 6 nitrogen and oxygen atoms in total. The van der Waals surface area contributed by atoms with E-state index in [-0.39, 0.29) is 5.91 Å². The van der Waals surface area contributed by atoms with E-state index in [2.05, 4.69) is 4.98 Å². The number of carbonyl (C=O) groups is 1. The average Bonchev–Trinajstić information content (AvgIpc) is 2.95. The highest BCUT2D eigenvalue weighted by Crippen LogP contribution is 2.22. The van der Waals surface area contributed by atoms with Gasteiger partial charge < -0.3 is 14.1 Å².